The fraction of sp³-hybridized carbons (Fsp3) is 0.586. The Kier molecular flexibility index (Phi) is 8.58. The molecule has 1 atom stereocenters. The van der Waals surface area contributed by atoms with Gasteiger partial charge in [0, 0.05) is 25.2 Å². The summed E-state index contributed by atoms with van der Waals surface area (Å²) in [5, 5.41) is 6.43. The van der Waals surface area contributed by atoms with E-state index in [1.165, 1.54) is 4.57 Å². The van der Waals surface area contributed by atoms with E-state index in [1.807, 2.05) is 32.6 Å². The Balaban J connectivity index is 1.35. The number of halogens is 2. The lowest BCUT2D eigenvalue weighted by Gasteiger charge is -2.34. The van der Waals surface area contributed by atoms with Crippen molar-refractivity contribution >= 4 is 28.9 Å². The van der Waals surface area contributed by atoms with Crippen molar-refractivity contribution in [3.8, 4) is 5.82 Å². The van der Waals surface area contributed by atoms with E-state index in [9.17, 15) is 13.6 Å². The van der Waals surface area contributed by atoms with Gasteiger partial charge in [-0.1, -0.05) is 12.1 Å². The summed E-state index contributed by atoms with van der Waals surface area (Å²) in [5.74, 6) is 1.39. The number of hydrogen-bond donors (Lipinski definition) is 2. The molecule has 2 aromatic heterocycles. The van der Waals surface area contributed by atoms with Crippen molar-refractivity contribution in [3.05, 3.63) is 36.2 Å². The molecule has 41 heavy (non-hydrogen) atoms. The molecule has 2 aliphatic rings. The predicted molar refractivity (Wildman–Crippen MR) is 153 cm³/mol. The molecule has 1 aliphatic carbocycles. The van der Waals surface area contributed by atoms with E-state index in [1.54, 1.807) is 30.3 Å². The Labute approximate surface area is 238 Å². The molecular formula is C29H39F2N7O3. The number of aromatic nitrogens is 4. The van der Waals surface area contributed by atoms with Gasteiger partial charge in [0.05, 0.1) is 30.3 Å². The number of amides is 1. The Morgan fingerprint density at radius 2 is 1.90 bits per heavy atom. The first-order chi connectivity index (χ1) is 19.6. The zero-order valence-electron chi connectivity index (χ0n) is 24.1. The molecule has 1 saturated carbocycles. The summed E-state index contributed by atoms with van der Waals surface area (Å²) in [6.07, 6.45) is 0.420. The number of alkyl halides is 2. The monoisotopic (exact) mass is 571 g/mol. The maximum absolute atomic E-state index is 14.1. The molecule has 222 valence electrons. The smallest absolute Gasteiger partial charge is 0.407 e. The number of anilines is 2. The third-order valence-electron chi connectivity index (χ3n) is 7.48. The predicted octanol–water partition coefficient (Wildman–Crippen LogP) is 5.47. The van der Waals surface area contributed by atoms with E-state index in [-0.39, 0.29) is 24.0 Å². The largest absolute Gasteiger partial charge is 0.444 e. The quantitative estimate of drug-likeness (QED) is 0.384. The minimum absolute atomic E-state index is 0.0358. The zero-order valence-corrected chi connectivity index (χ0v) is 24.1. The Bertz CT molecular complexity index is 1350. The SMILES string of the molecule is C[C@H]1COCCN1c1nc(NC[C@H]2CC[C@H](NC(=O)OC(C)(C)C)CC2)cc(-n2c(C(F)F)nc3ccccc32)n1. The third kappa shape index (κ3) is 7.03. The van der Waals surface area contributed by atoms with Crippen LogP contribution < -0.4 is 15.5 Å². The highest BCUT2D eigenvalue weighted by molar-refractivity contribution is 5.78. The van der Waals surface area contributed by atoms with Crippen molar-refractivity contribution in [1.82, 2.24) is 24.8 Å². The van der Waals surface area contributed by atoms with Crippen molar-refractivity contribution in [3.63, 3.8) is 0 Å². The minimum Gasteiger partial charge on any atom is -0.444 e. The van der Waals surface area contributed by atoms with E-state index in [0.29, 0.717) is 60.8 Å². The minimum atomic E-state index is -2.77. The molecule has 1 saturated heterocycles. The number of nitrogens with zero attached hydrogens (tertiary/aromatic N) is 5. The number of para-hydroxylation sites is 2. The highest BCUT2D eigenvalue weighted by atomic mass is 19.3. The average Bonchev–Trinajstić information content (AvgIpc) is 3.32. The Morgan fingerprint density at radius 1 is 1.15 bits per heavy atom. The summed E-state index contributed by atoms with van der Waals surface area (Å²) in [6.45, 7) is 9.92. The van der Waals surface area contributed by atoms with E-state index < -0.39 is 12.0 Å². The van der Waals surface area contributed by atoms with Crippen LogP contribution in [-0.4, -0.2) is 69.6 Å². The highest BCUT2D eigenvalue weighted by Gasteiger charge is 2.27. The van der Waals surface area contributed by atoms with Crippen LogP contribution in [0.15, 0.2) is 30.3 Å². The molecule has 2 fully saturated rings. The molecule has 2 N–H and O–H groups in total. The number of imidazole rings is 1. The van der Waals surface area contributed by atoms with E-state index in [2.05, 4.69) is 15.6 Å². The number of alkyl carbamates (subject to hydrolysis) is 1. The van der Waals surface area contributed by atoms with Gasteiger partial charge in [-0.05, 0) is 71.4 Å². The molecule has 1 aromatic carbocycles. The third-order valence-corrected chi connectivity index (χ3v) is 7.48. The Morgan fingerprint density at radius 3 is 2.61 bits per heavy atom. The fourth-order valence-corrected chi connectivity index (χ4v) is 5.45. The first-order valence-corrected chi connectivity index (χ1v) is 14.3. The van der Waals surface area contributed by atoms with E-state index >= 15 is 0 Å². The summed E-state index contributed by atoms with van der Waals surface area (Å²) in [5.41, 5.74) is 0.511. The molecule has 0 spiro atoms. The maximum Gasteiger partial charge on any atom is 0.407 e. The van der Waals surface area contributed by atoms with Crippen LogP contribution in [0.4, 0.5) is 25.3 Å². The van der Waals surface area contributed by atoms with Gasteiger partial charge in [-0.3, -0.25) is 4.57 Å². The average molecular weight is 572 g/mol. The lowest BCUT2D eigenvalue weighted by molar-refractivity contribution is 0.0488. The van der Waals surface area contributed by atoms with E-state index in [0.717, 1.165) is 25.7 Å². The molecule has 3 aromatic rings. The van der Waals surface area contributed by atoms with Gasteiger partial charge in [0.15, 0.2) is 5.82 Å². The molecule has 1 aliphatic heterocycles. The standard InChI is InChI=1S/C29H39F2N7O3/c1-18-17-40-14-13-37(18)27-35-23(32-16-19-9-11-20(12-10-19)33-28(39)41-29(2,3)4)15-24(36-27)38-22-8-6-5-7-21(22)34-26(38)25(30)31/h5-8,15,18-20,25H,9-14,16-17H2,1-4H3,(H,33,39)(H,32,35,36)/t18-,19-,20-/m0/s1. The fourth-order valence-electron chi connectivity index (χ4n) is 5.45. The van der Waals surface area contributed by atoms with Gasteiger partial charge in [-0.2, -0.15) is 9.97 Å². The van der Waals surface area contributed by atoms with Gasteiger partial charge < -0.3 is 25.0 Å². The second kappa shape index (κ2) is 12.1. The second-order valence-corrected chi connectivity index (χ2v) is 11.9. The van der Waals surface area contributed by atoms with Gasteiger partial charge >= 0.3 is 6.09 Å². The van der Waals surface area contributed by atoms with Crippen LogP contribution in [0.1, 0.15) is 65.6 Å². The number of carbonyl (C=O) groups is 1. The Hall–Kier alpha value is -3.54. The lowest BCUT2D eigenvalue weighted by Crippen LogP contribution is -2.44. The maximum atomic E-state index is 14.1. The lowest BCUT2D eigenvalue weighted by atomic mass is 9.86. The number of benzene rings is 1. The molecule has 0 radical (unpaired) electrons. The molecule has 10 nitrogen and oxygen atoms in total. The topological polar surface area (TPSA) is 106 Å². The summed E-state index contributed by atoms with van der Waals surface area (Å²) >= 11 is 0. The number of rotatable bonds is 7. The molecule has 5 rings (SSSR count). The summed E-state index contributed by atoms with van der Waals surface area (Å²) in [7, 11) is 0. The van der Waals surface area contributed by atoms with Crippen molar-refractivity contribution in [2.75, 3.05) is 36.5 Å². The van der Waals surface area contributed by atoms with Gasteiger partial charge in [-0.25, -0.2) is 18.6 Å². The van der Waals surface area contributed by atoms with Crippen molar-refractivity contribution < 1.29 is 23.0 Å². The molecule has 1 amide bonds. The number of fused-ring (bicyclic) bond motifs is 1. The normalized spacial score (nSPS) is 21.7. The molecule has 3 heterocycles. The van der Waals surface area contributed by atoms with Gasteiger partial charge in [0.2, 0.25) is 5.95 Å². The van der Waals surface area contributed by atoms with Crippen LogP contribution in [0, 0.1) is 5.92 Å². The van der Waals surface area contributed by atoms with Gasteiger partial charge in [0.25, 0.3) is 6.43 Å². The van der Waals surface area contributed by atoms with Gasteiger partial charge in [0.1, 0.15) is 17.2 Å². The number of ether oxygens (including phenoxy) is 2. The number of nitrogens with one attached hydrogen (secondary N) is 2. The van der Waals surface area contributed by atoms with Crippen LogP contribution >= 0.6 is 0 Å². The van der Waals surface area contributed by atoms with Crippen LogP contribution in [0.5, 0.6) is 0 Å². The highest BCUT2D eigenvalue weighted by Crippen LogP contribution is 2.30. The summed E-state index contributed by atoms with van der Waals surface area (Å²) in [4.78, 5) is 28.0. The van der Waals surface area contributed by atoms with Crippen molar-refractivity contribution in [1.29, 1.82) is 0 Å². The molecule has 0 unspecified atom stereocenters. The number of morpholine rings is 1. The first kappa shape index (κ1) is 29.0. The molecule has 12 heteroatoms. The number of carbonyl (C=O) groups excluding carboxylic acids is 1. The van der Waals surface area contributed by atoms with E-state index in [4.69, 9.17) is 19.4 Å². The van der Waals surface area contributed by atoms with Crippen molar-refractivity contribution in [2.45, 2.75) is 77.5 Å². The second-order valence-electron chi connectivity index (χ2n) is 11.9. The van der Waals surface area contributed by atoms with Gasteiger partial charge in [-0.15, -0.1) is 0 Å². The summed E-state index contributed by atoms with van der Waals surface area (Å²) < 4.78 is 40.7. The molecule has 0 bridgehead atoms. The zero-order chi connectivity index (χ0) is 29.1. The number of hydrogen-bond acceptors (Lipinski definition) is 8. The molecular weight excluding hydrogens is 532 g/mol. The van der Waals surface area contributed by atoms with Crippen LogP contribution in [0.3, 0.4) is 0 Å². The first-order valence-electron chi connectivity index (χ1n) is 14.3. The van der Waals surface area contributed by atoms with Crippen LogP contribution in [-0.2, 0) is 9.47 Å². The van der Waals surface area contributed by atoms with Crippen LogP contribution in [0.2, 0.25) is 0 Å². The van der Waals surface area contributed by atoms with Crippen molar-refractivity contribution in [2.24, 2.45) is 5.92 Å². The summed E-state index contributed by atoms with van der Waals surface area (Å²) in [6, 6.07) is 8.90. The van der Waals surface area contributed by atoms with Crippen LogP contribution in [0.25, 0.3) is 16.9 Å².